The highest BCUT2D eigenvalue weighted by Crippen LogP contribution is 2.25. The first-order chi connectivity index (χ1) is 10.1. The summed E-state index contributed by atoms with van der Waals surface area (Å²) in [5.41, 5.74) is 1.54. The summed E-state index contributed by atoms with van der Waals surface area (Å²) in [6.07, 6.45) is 2.02. The number of nitrogens with zero attached hydrogens (tertiary/aromatic N) is 1. The summed E-state index contributed by atoms with van der Waals surface area (Å²) in [7, 11) is 1.67. The van der Waals surface area contributed by atoms with Gasteiger partial charge in [-0.15, -0.1) is 0 Å². The summed E-state index contributed by atoms with van der Waals surface area (Å²) in [6, 6.07) is 7.55. The van der Waals surface area contributed by atoms with E-state index < -0.39 is 0 Å². The van der Waals surface area contributed by atoms with Gasteiger partial charge in [0, 0.05) is 13.7 Å². The fourth-order valence-corrected chi connectivity index (χ4v) is 2.59. The molecule has 0 radical (unpaired) electrons. The molecule has 1 saturated heterocycles. The Morgan fingerprint density at radius 3 is 2.90 bits per heavy atom. The number of likely N-dealkylation sites (tertiary alicyclic amines) is 1. The number of carbonyl (C=O) groups excluding carboxylic acids is 1. The first kappa shape index (κ1) is 15.6. The maximum atomic E-state index is 12.8. The summed E-state index contributed by atoms with van der Waals surface area (Å²) in [5, 5.41) is 0. The third-order valence-electron chi connectivity index (χ3n) is 3.59. The minimum atomic E-state index is 0.0202. The van der Waals surface area contributed by atoms with E-state index in [9.17, 15) is 4.79 Å². The Morgan fingerprint density at radius 2 is 2.19 bits per heavy atom. The molecule has 0 aliphatic carbocycles. The van der Waals surface area contributed by atoms with Gasteiger partial charge in [0.1, 0.15) is 12.4 Å². The van der Waals surface area contributed by atoms with Crippen LogP contribution < -0.4 is 4.74 Å². The standard InChI is InChI=1S/C17H23NO3/c1-13(2)11-21-16-9-5-4-8-15(16)17(19)18-10-6-7-14(18)12-20-3/h4-5,8-9,14H,1,6-7,10-12H2,2-3H3/t14-/m0/s1. The van der Waals surface area contributed by atoms with E-state index >= 15 is 0 Å². The predicted octanol–water partition coefficient (Wildman–Crippen LogP) is 2.89. The second kappa shape index (κ2) is 7.27. The molecule has 1 atom stereocenters. The van der Waals surface area contributed by atoms with Crippen molar-refractivity contribution in [2.45, 2.75) is 25.8 Å². The highest BCUT2D eigenvalue weighted by Gasteiger charge is 2.30. The van der Waals surface area contributed by atoms with Gasteiger partial charge in [0.15, 0.2) is 0 Å². The number of carbonyl (C=O) groups is 1. The Kier molecular flexibility index (Phi) is 5.39. The lowest BCUT2D eigenvalue weighted by molar-refractivity contribution is 0.0627. The van der Waals surface area contributed by atoms with Crippen molar-refractivity contribution in [3.63, 3.8) is 0 Å². The van der Waals surface area contributed by atoms with E-state index in [1.54, 1.807) is 7.11 Å². The van der Waals surface area contributed by atoms with Crippen molar-refractivity contribution in [3.8, 4) is 5.75 Å². The van der Waals surface area contributed by atoms with Gasteiger partial charge in [0.05, 0.1) is 18.2 Å². The van der Waals surface area contributed by atoms with Crippen molar-refractivity contribution >= 4 is 5.91 Å². The number of hydrogen-bond acceptors (Lipinski definition) is 3. The molecule has 4 heteroatoms. The number of benzene rings is 1. The lowest BCUT2D eigenvalue weighted by Gasteiger charge is -2.25. The third-order valence-corrected chi connectivity index (χ3v) is 3.59. The largest absolute Gasteiger partial charge is 0.488 e. The van der Waals surface area contributed by atoms with Crippen LogP contribution in [0.3, 0.4) is 0 Å². The monoisotopic (exact) mass is 289 g/mol. The highest BCUT2D eigenvalue weighted by atomic mass is 16.5. The van der Waals surface area contributed by atoms with Crippen LogP contribution >= 0.6 is 0 Å². The van der Waals surface area contributed by atoms with Crippen molar-refractivity contribution in [1.29, 1.82) is 0 Å². The van der Waals surface area contributed by atoms with Crippen LogP contribution in [0.5, 0.6) is 5.75 Å². The molecule has 1 aromatic rings. The van der Waals surface area contributed by atoms with Gasteiger partial charge in [0.25, 0.3) is 5.91 Å². The van der Waals surface area contributed by atoms with Gasteiger partial charge in [-0.1, -0.05) is 18.7 Å². The molecule has 21 heavy (non-hydrogen) atoms. The van der Waals surface area contributed by atoms with Gasteiger partial charge in [-0.05, 0) is 37.5 Å². The maximum absolute atomic E-state index is 12.8. The third kappa shape index (κ3) is 3.85. The quantitative estimate of drug-likeness (QED) is 0.756. The Balaban J connectivity index is 2.16. The molecule has 0 N–H and O–H groups in total. The zero-order chi connectivity index (χ0) is 15.2. The summed E-state index contributed by atoms with van der Waals surface area (Å²) < 4.78 is 10.9. The highest BCUT2D eigenvalue weighted by molar-refractivity contribution is 5.97. The molecular weight excluding hydrogens is 266 g/mol. The molecule has 1 heterocycles. The number of methoxy groups -OCH3 is 1. The first-order valence-corrected chi connectivity index (χ1v) is 7.29. The maximum Gasteiger partial charge on any atom is 0.257 e. The molecule has 0 unspecified atom stereocenters. The lowest BCUT2D eigenvalue weighted by atomic mass is 10.1. The first-order valence-electron chi connectivity index (χ1n) is 7.29. The fourth-order valence-electron chi connectivity index (χ4n) is 2.59. The van der Waals surface area contributed by atoms with E-state index in [0.29, 0.717) is 24.5 Å². The molecular formula is C17H23NO3. The Labute approximate surface area is 126 Å². The average molecular weight is 289 g/mol. The summed E-state index contributed by atoms with van der Waals surface area (Å²) in [5.74, 6) is 0.639. The van der Waals surface area contributed by atoms with E-state index in [1.807, 2.05) is 36.1 Å². The second-order valence-corrected chi connectivity index (χ2v) is 5.49. The van der Waals surface area contributed by atoms with Crippen molar-refractivity contribution in [2.24, 2.45) is 0 Å². The van der Waals surface area contributed by atoms with E-state index in [-0.39, 0.29) is 11.9 Å². The Morgan fingerprint density at radius 1 is 1.43 bits per heavy atom. The van der Waals surface area contributed by atoms with Crippen LogP contribution in [-0.4, -0.2) is 43.7 Å². The topological polar surface area (TPSA) is 38.8 Å². The van der Waals surface area contributed by atoms with Gasteiger partial charge in [0.2, 0.25) is 0 Å². The SMILES string of the molecule is C=C(C)COc1ccccc1C(=O)N1CCC[C@H]1COC. The molecule has 4 nitrogen and oxygen atoms in total. The van der Waals surface area contributed by atoms with E-state index in [0.717, 1.165) is 25.0 Å². The summed E-state index contributed by atoms with van der Waals surface area (Å²) in [4.78, 5) is 14.7. The minimum absolute atomic E-state index is 0.0202. The molecule has 1 aromatic carbocycles. The Hall–Kier alpha value is -1.81. The van der Waals surface area contributed by atoms with E-state index in [1.165, 1.54) is 0 Å². The van der Waals surface area contributed by atoms with Crippen LogP contribution in [0, 0.1) is 0 Å². The van der Waals surface area contributed by atoms with Crippen LogP contribution in [-0.2, 0) is 4.74 Å². The van der Waals surface area contributed by atoms with Gasteiger partial charge in [-0.25, -0.2) is 0 Å². The van der Waals surface area contributed by atoms with Gasteiger partial charge >= 0.3 is 0 Å². The van der Waals surface area contributed by atoms with Crippen molar-refractivity contribution in [1.82, 2.24) is 4.90 Å². The van der Waals surface area contributed by atoms with Crippen LogP contribution in [0.4, 0.5) is 0 Å². The minimum Gasteiger partial charge on any atom is -0.488 e. The smallest absolute Gasteiger partial charge is 0.257 e. The van der Waals surface area contributed by atoms with E-state index in [2.05, 4.69) is 6.58 Å². The van der Waals surface area contributed by atoms with Gasteiger partial charge < -0.3 is 14.4 Å². The molecule has 114 valence electrons. The van der Waals surface area contributed by atoms with Crippen LogP contribution in [0.1, 0.15) is 30.1 Å². The zero-order valence-electron chi connectivity index (χ0n) is 12.8. The summed E-state index contributed by atoms with van der Waals surface area (Å²) >= 11 is 0. The van der Waals surface area contributed by atoms with Crippen molar-refractivity contribution < 1.29 is 14.3 Å². The summed E-state index contributed by atoms with van der Waals surface area (Å²) in [6.45, 7) is 7.51. The number of hydrogen-bond donors (Lipinski definition) is 0. The predicted molar refractivity (Wildman–Crippen MR) is 82.7 cm³/mol. The van der Waals surface area contributed by atoms with Crippen molar-refractivity contribution in [2.75, 3.05) is 26.9 Å². The number of rotatable bonds is 6. The number of para-hydroxylation sites is 1. The molecule has 0 saturated carbocycles. The number of amides is 1. The zero-order valence-corrected chi connectivity index (χ0v) is 12.8. The molecule has 1 aliphatic rings. The molecule has 0 bridgehead atoms. The average Bonchev–Trinajstić information content (AvgIpc) is 2.93. The van der Waals surface area contributed by atoms with Crippen LogP contribution in [0.25, 0.3) is 0 Å². The molecule has 1 fully saturated rings. The van der Waals surface area contributed by atoms with Crippen molar-refractivity contribution in [3.05, 3.63) is 42.0 Å². The number of ether oxygens (including phenoxy) is 2. The molecule has 0 spiro atoms. The lowest BCUT2D eigenvalue weighted by Crippen LogP contribution is -2.38. The van der Waals surface area contributed by atoms with Crippen LogP contribution in [0.15, 0.2) is 36.4 Å². The fraction of sp³-hybridized carbons (Fsp3) is 0.471. The second-order valence-electron chi connectivity index (χ2n) is 5.49. The molecule has 0 aromatic heterocycles. The van der Waals surface area contributed by atoms with Crippen LogP contribution in [0.2, 0.25) is 0 Å². The van der Waals surface area contributed by atoms with Gasteiger partial charge in [-0.3, -0.25) is 4.79 Å². The Bertz CT molecular complexity index is 513. The van der Waals surface area contributed by atoms with E-state index in [4.69, 9.17) is 9.47 Å². The molecule has 2 rings (SSSR count). The molecule has 1 amide bonds. The van der Waals surface area contributed by atoms with Gasteiger partial charge in [-0.2, -0.15) is 0 Å². The molecule has 1 aliphatic heterocycles. The normalized spacial score (nSPS) is 17.8.